The third-order valence-corrected chi connectivity index (χ3v) is 5.40. The summed E-state index contributed by atoms with van der Waals surface area (Å²) in [6.07, 6.45) is 0.292. The number of aromatic nitrogens is 2. The quantitative estimate of drug-likeness (QED) is 0.492. The highest BCUT2D eigenvalue weighted by atomic mass is 16.2. The van der Waals surface area contributed by atoms with Crippen LogP contribution in [-0.4, -0.2) is 33.7 Å². The van der Waals surface area contributed by atoms with Crippen LogP contribution in [0, 0.1) is 5.92 Å². The fraction of sp³-hybridized carbons (Fsp3) is 0.304. The third-order valence-electron chi connectivity index (χ3n) is 5.40. The smallest absolute Gasteiger partial charge is 0.254 e. The highest BCUT2D eigenvalue weighted by Crippen LogP contribution is 2.23. The Bertz CT molecular complexity index is 1100. The van der Waals surface area contributed by atoms with Gasteiger partial charge >= 0.3 is 0 Å². The van der Waals surface area contributed by atoms with Gasteiger partial charge in [-0.2, -0.15) is 0 Å². The minimum absolute atomic E-state index is 0.0954. The molecule has 0 fully saturated rings. The molecule has 1 unspecified atom stereocenters. The Morgan fingerprint density at radius 3 is 2.61 bits per heavy atom. The standard InChI is InChI=1S/C23H25N5O3/c1-13(2)20(21-24-16-9-5-6-10-17(16)25-21)28-19(29)12-11-18-23(31)26-15-8-4-3-7-14(15)22(30)27-18/h3-10,13,18,20H,11-12H2,1-2H3,(H,24,25)(H,26,31)(H,27,30)(H,28,29)/t18-,20?/m0/s1. The molecule has 3 amide bonds. The highest BCUT2D eigenvalue weighted by Gasteiger charge is 2.28. The van der Waals surface area contributed by atoms with E-state index in [9.17, 15) is 14.4 Å². The first-order chi connectivity index (χ1) is 14.9. The summed E-state index contributed by atoms with van der Waals surface area (Å²) < 4.78 is 0. The molecule has 0 saturated heterocycles. The maximum absolute atomic E-state index is 12.7. The summed E-state index contributed by atoms with van der Waals surface area (Å²) in [5.41, 5.74) is 2.64. The zero-order valence-electron chi connectivity index (χ0n) is 17.4. The zero-order valence-corrected chi connectivity index (χ0v) is 17.4. The van der Waals surface area contributed by atoms with Crippen molar-refractivity contribution in [3.63, 3.8) is 0 Å². The molecule has 1 aliphatic rings. The Morgan fingerprint density at radius 1 is 1.10 bits per heavy atom. The second-order valence-corrected chi connectivity index (χ2v) is 8.03. The first-order valence-corrected chi connectivity index (χ1v) is 10.4. The van der Waals surface area contributed by atoms with Gasteiger partial charge in [0, 0.05) is 6.42 Å². The summed E-state index contributed by atoms with van der Waals surface area (Å²) in [6.45, 7) is 4.02. The lowest BCUT2D eigenvalue weighted by Crippen LogP contribution is -2.42. The molecule has 2 heterocycles. The van der Waals surface area contributed by atoms with E-state index in [1.165, 1.54) is 0 Å². The van der Waals surface area contributed by atoms with E-state index < -0.39 is 6.04 Å². The normalized spacial score (nSPS) is 16.9. The Balaban J connectivity index is 1.41. The van der Waals surface area contributed by atoms with Gasteiger partial charge < -0.3 is 20.9 Å². The van der Waals surface area contributed by atoms with Crippen molar-refractivity contribution in [1.29, 1.82) is 0 Å². The van der Waals surface area contributed by atoms with Crippen molar-refractivity contribution in [3.8, 4) is 0 Å². The maximum atomic E-state index is 12.7. The summed E-state index contributed by atoms with van der Waals surface area (Å²) >= 11 is 0. The minimum atomic E-state index is -0.783. The Kier molecular flexibility index (Phi) is 5.70. The molecule has 0 spiro atoms. The fourth-order valence-corrected chi connectivity index (χ4v) is 3.71. The van der Waals surface area contributed by atoms with Crippen LogP contribution >= 0.6 is 0 Å². The number of aromatic amines is 1. The molecular formula is C23H25N5O3. The van der Waals surface area contributed by atoms with E-state index in [0.29, 0.717) is 17.1 Å². The number of nitrogens with zero attached hydrogens (tertiary/aromatic N) is 1. The van der Waals surface area contributed by atoms with Crippen LogP contribution in [0.2, 0.25) is 0 Å². The van der Waals surface area contributed by atoms with Crippen LogP contribution in [0.4, 0.5) is 5.69 Å². The number of anilines is 1. The van der Waals surface area contributed by atoms with Gasteiger partial charge in [-0.05, 0) is 36.6 Å². The van der Waals surface area contributed by atoms with Gasteiger partial charge in [0.25, 0.3) is 5.91 Å². The van der Waals surface area contributed by atoms with Gasteiger partial charge in [0.1, 0.15) is 11.9 Å². The van der Waals surface area contributed by atoms with E-state index in [2.05, 4.69) is 25.9 Å². The first-order valence-electron chi connectivity index (χ1n) is 10.4. The second kappa shape index (κ2) is 8.59. The lowest BCUT2D eigenvalue weighted by Gasteiger charge is -2.21. The van der Waals surface area contributed by atoms with Gasteiger partial charge in [-0.3, -0.25) is 14.4 Å². The monoisotopic (exact) mass is 419 g/mol. The van der Waals surface area contributed by atoms with Gasteiger partial charge in [-0.15, -0.1) is 0 Å². The Hall–Kier alpha value is -3.68. The van der Waals surface area contributed by atoms with Gasteiger partial charge in [0.15, 0.2) is 0 Å². The van der Waals surface area contributed by atoms with E-state index in [-0.39, 0.29) is 42.5 Å². The van der Waals surface area contributed by atoms with Crippen molar-refractivity contribution >= 4 is 34.4 Å². The highest BCUT2D eigenvalue weighted by molar-refractivity contribution is 6.09. The largest absolute Gasteiger partial charge is 0.346 e. The van der Waals surface area contributed by atoms with Crippen molar-refractivity contribution in [2.75, 3.05) is 5.32 Å². The molecule has 31 heavy (non-hydrogen) atoms. The number of imidazole rings is 1. The molecule has 0 bridgehead atoms. The van der Waals surface area contributed by atoms with Crippen molar-refractivity contribution in [1.82, 2.24) is 20.6 Å². The molecule has 0 saturated carbocycles. The number of benzene rings is 2. The molecule has 3 aromatic rings. The van der Waals surface area contributed by atoms with E-state index >= 15 is 0 Å². The molecule has 8 nitrogen and oxygen atoms in total. The topological polar surface area (TPSA) is 116 Å². The lowest BCUT2D eigenvalue weighted by molar-refractivity contribution is -0.122. The zero-order chi connectivity index (χ0) is 22.0. The van der Waals surface area contributed by atoms with Crippen LogP contribution < -0.4 is 16.0 Å². The molecule has 1 aromatic heterocycles. The van der Waals surface area contributed by atoms with Gasteiger partial charge in [0.2, 0.25) is 11.8 Å². The number of rotatable bonds is 6. The molecule has 0 aliphatic carbocycles. The number of hydrogen-bond acceptors (Lipinski definition) is 4. The second-order valence-electron chi connectivity index (χ2n) is 8.03. The van der Waals surface area contributed by atoms with Crippen molar-refractivity contribution in [3.05, 3.63) is 59.9 Å². The molecule has 4 rings (SSSR count). The fourth-order valence-electron chi connectivity index (χ4n) is 3.71. The van der Waals surface area contributed by atoms with E-state index in [1.807, 2.05) is 38.1 Å². The van der Waals surface area contributed by atoms with Crippen LogP contribution in [-0.2, 0) is 9.59 Å². The van der Waals surface area contributed by atoms with Crippen molar-refractivity contribution < 1.29 is 14.4 Å². The summed E-state index contributed by atoms with van der Waals surface area (Å²) in [7, 11) is 0. The van der Waals surface area contributed by atoms with Gasteiger partial charge in [-0.25, -0.2) is 4.98 Å². The summed E-state index contributed by atoms with van der Waals surface area (Å²) in [6, 6.07) is 13.5. The van der Waals surface area contributed by atoms with Crippen LogP contribution in [0.3, 0.4) is 0 Å². The number of carbonyl (C=O) groups excluding carboxylic acids is 3. The van der Waals surface area contributed by atoms with Crippen molar-refractivity contribution in [2.24, 2.45) is 5.92 Å². The Labute approximate surface area is 179 Å². The predicted molar refractivity (Wildman–Crippen MR) is 117 cm³/mol. The van der Waals surface area contributed by atoms with E-state index in [1.54, 1.807) is 24.3 Å². The third kappa shape index (κ3) is 4.42. The summed E-state index contributed by atoms with van der Waals surface area (Å²) in [5, 5.41) is 8.49. The number of hydrogen-bond donors (Lipinski definition) is 4. The number of nitrogens with one attached hydrogen (secondary N) is 4. The first kappa shape index (κ1) is 20.6. The number of carbonyl (C=O) groups is 3. The average Bonchev–Trinajstić information content (AvgIpc) is 3.13. The number of H-pyrrole nitrogens is 1. The van der Waals surface area contributed by atoms with Crippen LogP contribution in [0.1, 0.15) is 48.9 Å². The number of para-hydroxylation sites is 3. The molecule has 8 heteroatoms. The average molecular weight is 419 g/mol. The number of amides is 3. The molecule has 160 valence electrons. The molecule has 4 N–H and O–H groups in total. The summed E-state index contributed by atoms with van der Waals surface area (Å²) in [5.74, 6) is -0.0612. The maximum Gasteiger partial charge on any atom is 0.254 e. The molecule has 2 aromatic carbocycles. The molecular weight excluding hydrogens is 394 g/mol. The molecule has 0 radical (unpaired) electrons. The SMILES string of the molecule is CC(C)C(NC(=O)CC[C@@H]1NC(=O)c2ccccc2NC1=O)c1nc2ccccc2[nH]1. The minimum Gasteiger partial charge on any atom is -0.346 e. The number of fused-ring (bicyclic) bond motifs is 2. The predicted octanol–water partition coefficient (Wildman–Crippen LogP) is 2.91. The van der Waals surface area contributed by atoms with E-state index in [4.69, 9.17) is 0 Å². The van der Waals surface area contributed by atoms with Gasteiger partial charge in [-0.1, -0.05) is 38.1 Å². The lowest BCUT2D eigenvalue weighted by atomic mass is 10.0. The van der Waals surface area contributed by atoms with Crippen LogP contribution in [0.15, 0.2) is 48.5 Å². The van der Waals surface area contributed by atoms with Gasteiger partial charge in [0.05, 0.1) is 28.3 Å². The Morgan fingerprint density at radius 2 is 1.84 bits per heavy atom. The van der Waals surface area contributed by atoms with Crippen LogP contribution in [0.25, 0.3) is 11.0 Å². The van der Waals surface area contributed by atoms with Crippen molar-refractivity contribution in [2.45, 2.75) is 38.8 Å². The van der Waals surface area contributed by atoms with Crippen LogP contribution in [0.5, 0.6) is 0 Å². The summed E-state index contributed by atoms with van der Waals surface area (Å²) in [4.78, 5) is 45.5. The molecule has 1 aliphatic heterocycles. The van der Waals surface area contributed by atoms with E-state index in [0.717, 1.165) is 11.0 Å². The molecule has 2 atom stereocenters.